The van der Waals surface area contributed by atoms with Crippen LogP contribution in [0.25, 0.3) is 0 Å². The maximum atomic E-state index is 9.59. The van der Waals surface area contributed by atoms with E-state index in [0.717, 1.165) is 12.8 Å². The number of ether oxygens (including phenoxy) is 2. The second-order valence-electron chi connectivity index (χ2n) is 1.87. The fraction of sp³-hybridized carbons (Fsp3) is 0.857. The number of hydrogen-bond acceptors (Lipinski definition) is 3. The molecule has 0 atom stereocenters. The molecular formula is C7H13O3. The zero-order valence-corrected chi connectivity index (χ0v) is 6.26. The van der Waals surface area contributed by atoms with E-state index < -0.39 is 0 Å². The van der Waals surface area contributed by atoms with Crippen LogP contribution in [0.3, 0.4) is 0 Å². The van der Waals surface area contributed by atoms with Gasteiger partial charge in [-0.3, -0.25) is 4.79 Å². The minimum atomic E-state index is 0.00608. The molecule has 0 saturated heterocycles. The standard InChI is InChI=1S/C7H13O3/c1-2-3-5-9-7-10-6-4-8/h2-3,5-7H2,1H3. The molecule has 0 fully saturated rings. The van der Waals surface area contributed by atoms with Crippen molar-refractivity contribution in [2.75, 3.05) is 20.0 Å². The monoisotopic (exact) mass is 145 g/mol. The molecule has 0 amide bonds. The second-order valence-corrected chi connectivity index (χ2v) is 1.87. The Hall–Kier alpha value is -0.410. The third kappa shape index (κ3) is 7.59. The van der Waals surface area contributed by atoms with E-state index in [1.54, 1.807) is 6.29 Å². The zero-order valence-electron chi connectivity index (χ0n) is 6.26. The van der Waals surface area contributed by atoms with Gasteiger partial charge in [0.2, 0.25) is 6.29 Å². The Morgan fingerprint density at radius 2 is 2.20 bits per heavy atom. The molecule has 3 nitrogen and oxygen atoms in total. The predicted octanol–water partition coefficient (Wildman–Crippen LogP) is 0.887. The molecule has 0 bridgehead atoms. The van der Waals surface area contributed by atoms with Crippen LogP contribution in [0.1, 0.15) is 19.8 Å². The minimum Gasteiger partial charge on any atom is -0.355 e. The summed E-state index contributed by atoms with van der Waals surface area (Å²) in [5.41, 5.74) is 0. The van der Waals surface area contributed by atoms with Gasteiger partial charge in [0.05, 0.1) is 0 Å². The fourth-order valence-electron chi connectivity index (χ4n) is 0.448. The topological polar surface area (TPSA) is 35.5 Å². The average Bonchev–Trinajstić information content (AvgIpc) is 1.97. The van der Waals surface area contributed by atoms with Gasteiger partial charge in [-0.15, -0.1) is 0 Å². The van der Waals surface area contributed by atoms with Gasteiger partial charge in [0.1, 0.15) is 13.4 Å². The molecule has 10 heavy (non-hydrogen) atoms. The van der Waals surface area contributed by atoms with Crippen molar-refractivity contribution in [2.45, 2.75) is 19.8 Å². The molecule has 0 aromatic rings. The first-order valence-corrected chi connectivity index (χ1v) is 3.42. The number of rotatable bonds is 7. The fourth-order valence-corrected chi connectivity index (χ4v) is 0.448. The lowest BCUT2D eigenvalue weighted by Gasteiger charge is -2.00. The molecule has 0 unspecified atom stereocenters. The van der Waals surface area contributed by atoms with Crippen molar-refractivity contribution < 1.29 is 14.3 Å². The van der Waals surface area contributed by atoms with Crippen LogP contribution < -0.4 is 0 Å². The Bertz CT molecular complexity index is 73.3. The van der Waals surface area contributed by atoms with Crippen LogP contribution in [0.4, 0.5) is 0 Å². The van der Waals surface area contributed by atoms with Crippen molar-refractivity contribution in [3.05, 3.63) is 0 Å². The van der Waals surface area contributed by atoms with Crippen molar-refractivity contribution in [2.24, 2.45) is 0 Å². The first-order chi connectivity index (χ1) is 4.91. The Labute approximate surface area is 61.3 Å². The Kier molecular flexibility index (Phi) is 8.24. The van der Waals surface area contributed by atoms with Crippen molar-refractivity contribution in [1.82, 2.24) is 0 Å². The highest BCUT2D eigenvalue weighted by molar-refractivity contribution is 5.51. The molecule has 0 aromatic carbocycles. The summed E-state index contributed by atoms with van der Waals surface area (Å²) < 4.78 is 9.66. The average molecular weight is 145 g/mol. The second kappa shape index (κ2) is 8.59. The van der Waals surface area contributed by atoms with Crippen LogP contribution in [0.15, 0.2) is 0 Å². The van der Waals surface area contributed by atoms with Crippen LogP contribution in [0.5, 0.6) is 0 Å². The Balaban J connectivity index is 2.70. The van der Waals surface area contributed by atoms with Crippen molar-refractivity contribution in [3.8, 4) is 0 Å². The molecular weight excluding hydrogens is 132 g/mol. The number of carbonyl (C=O) groups excluding carboxylic acids is 1. The van der Waals surface area contributed by atoms with Crippen LogP contribution in [-0.2, 0) is 14.3 Å². The van der Waals surface area contributed by atoms with Gasteiger partial charge in [0.15, 0.2) is 0 Å². The van der Waals surface area contributed by atoms with Gasteiger partial charge in [0, 0.05) is 6.61 Å². The summed E-state index contributed by atoms with van der Waals surface area (Å²) in [6, 6.07) is 0. The van der Waals surface area contributed by atoms with E-state index in [-0.39, 0.29) is 13.4 Å². The summed E-state index contributed by atoms with van der Waals surface area (Å²) in [6.45, 7) is 3.00. The first-order valence-electron chi connectivity index (χ1n) is 3.42. The van der Waals surface area contributed by atoms with Gasteiger partial charge in [0.25, 0.3) is 0 Å². The van der Waals surface area contributed by atoms with Gasteiger partial charge in [-0.05, 0) is 6.42 Å². The molecule has 3 heteroatoms. The van der Waals surface area contributed by atoms with Gasteiger partial charge >= 0.3 is 0 Å². The van der Waals surface area contributed by atoms with Crippen LogP contribution in [0, 0.1) is 0 Å². The van der Waals surface area contributed by atoms with E-state index in [9.17, 15) is 4.79 Å². The Morgan fingerprint density at radius 3 is 2.80 bits per heavy atom. The smallest absolute Gasteiger partial charge is 0.226 e. The molecule has 0 aliphatic rings. The van der Waals surface area contributed by atoms with Crippen molar-refractivity contribution in [3.63, 3.8) is 0 Å². The maximum Gasteiger partial charge on any atom is 0.226 e. The molecule has 0 aromatic heterocycles. The van der Waals surface area contributed by atoms with Crippen LogP contribution in [-0.4, -0.2) is 26.3 Å². The zero-order chi connectivity index (χ0) is 7.66. The molecule has 0 N–H and O–H groups in total. The summed E-state index contributed by atoms with van der Waals surface area (Å²) in [6.07, 6.45) is 3.75. The molecule has 0 rings (SSSR count). The van der Waals surface area contributed by atoms with E-state index in [1.807, 2.05) is 0 Å². The molecule has 0 spiro atoms. The van der Waals surface area contributed by atoms with Crippen LogP contribution in [0.2, 0.25) is 0 Å². The summed E-state index contributed by atoms with van der Waals surface area (Å²) >= 11 is 0. The maximum absolute atomic E-state index is 9.59. The van der Waals surface area contributed by atoms with Crippen molar-refractivity contribution >= 4 is 6.29 Å². The lowest BCUT2D eigenvalue weighted by atomic mass is 10.4. The summed E-state index contributed by atoms with van der Waals surface area (Å²) in [5.74, 6) is 0. The summed E-state index contributed by atoms with van der Waals surface area (Å²) in [7, 11) is 0. The van der Waals surface area contributed by atoms with E-state index in [1.165, 1.54) is 0 Å². The highest BCUT2D eigenvalue weighted by Gasteiger charge is 1.86. The molecule has 0 aliphatic heterocycles. The van der Waals surface area contributed by atoms with Crippen molar-refractivity contribution in [1.29, 1.82) is 0 Å². The van der Waals surface area contributed by atoms with E-state index in [4.69, 9.17) is 4.74 Å². The van der Waals surface area contributed by atoms with E-state index in [2.05, 4.69) is 11.7 Å². The third-order valence-electron chi connectivity index (χ3n) is 0.970. The van der Waals surface area contributed by atoms with Gasteiger partial charge in [-0.1, -0.05) is 13.3 Å². The van der Waals surface area contributed by atoms with Crippen LogP contribution >= 0.6 is 0 Å². The SMILES string of the molecule is CCCCOCOC[C]=O. The highest BCUT2D eigenvalue weighted by Crippen LogP contribution is 1.87. The quantitative estimate of drug-likeness (QED) is 0.394. The summed E-state index contributed by atoms with van der Waals surface area (Å²) in [4.78, 5) is 9.59. The van der Waals surface area contributed by atoms with E-state index >= 15 is 0 Å². The van der Waals surface area contributed by atoms with E-state index in [0.29, 0.717) is 6.61 Å². The number of hydrogen-bond donors (Lipinski definition) is 0. The molecule has 0 heterocycles. The highest BCUT2D eigenvalue weighted by atomic mass is 16.7. The molecule has 59 valence electrons. The third-order valence-corrected chi connectivity index (χ3v) is 0.970. The molecule has 0 aliphatic carbocycles. The van der Waals surface area contributed by atoms with Gasteiger partial charge in [-0.2, -0.15) is 0 Å². The molecule has 0 saturated carbocycles. The molecule has 1 radical (unpaired) electrons. The lowest BCUT2D eigenvalue weighted by Crippen LogP contribution is -2.02. The van der Waals surface area contributed by atoms with Gasteiger partial charge < -0.3 is 9.47 Å². The lowest BCUT2D eigenvalue weighted by molar-refractivity contribution is -0.0413. The normalized spacial score (nSPS) is 9.70. The largest absolute Gasteiger partial charge is 0.355 e. The first kappa shape index (κ1) is 9.59. The Morgan fingerprint density at radius 1 is 1.40 bits per heavy atom. The number of unbranched alkanes of at least 4 members (excludes halogenated alkanes) is 1. The predicted molar refractivity (Wildman–Crippen MR) is 37.4 cm³/mol. The van der Waals surface area contributed by atoms with Gasteiger partial charge in [-0.25, -0.2) is 0 Å². The minimum absolute atomic E-state index is 0.00608. The summed E-state index contributed by atoms with van der Waals surface area (Å²) in [5, 5.41) is 0.